The minimum absolute atomic E-state index is 0.0687. The molecule has 1 heterocycles. The van der Waals surface area contributed by atoms with E-state index < -0.39 is 0 Å². The van der Waals surface area contributed by atoms with Crippen molar-refractivity contribution in [3.05, 3.63) is 30.2 Å². The molecule has 3 N–H and O–H groups in total. The van der Waals surface area contributed by atoms with Crippen LogP contribution >= 0.6 is 0 Å². The van der Waals surface area contributed by atoms with Crippen molar-refractivity contribution in [3.8, 4) is 11.5 Å². The zero-order valence-electron chi connectivity index (χ0n) is 11.6. The lowest BCUT2D eigenvalue weighted by Crippen LogP contribution is -2.28. The van der Waals surface area contributed by atoms with Crippen LogP contribution in [-0.4, -0.2) is 22.6 Å². The number of nitrogens with two attached hydrogens (primary N) is 1. The molecule has 1 unspecified atom stereocenters. The molecule has 1 amide bonds. The number of anilines is 1. The van der Waals surface area contributed by atoms with Gasteiger partial charge in [0.15, 0.2) is 0 Å². The lowest BCUT2D eigenvalue weighted by molar-refractivity contribution is -0.119. The van der Waals surface area contributed by atoms with Crippen LogP contribution in [0.5, 0.6) is 0 Å². The highest BCUT2D eigenvalue weighted by atomic mass is 16.4. The van der Waals surface area contributed by atoms with Crippen molar-refractivity contribution in [2.24, 2.45) is 11.7 Å². The number of nitrogens with one attached hydrogen (secondary N) is 1. The van der Waals surface area contributed by atoms with E-state index in [1.54, 1.807) is 0 Å². The average Bonchev–Trinajstić information content (AvgIpc) is 2.96. The maximum Gasteiger partial charge on any atom is 0.247 e. The van der Waals surface area contributed by atoms with Crippen molar-refractivity contribution in [3.63, 3.8) is 0 Å². The number of hydrogen-bond acceptors (Lipinski definition) is 5. The zero-order chi connectivity index (χ0) is 14.5. The van der Waals surface area contributed by atoms with E-state index in [2.05, 4.69) is 15.5 Å². The average molecular weight is 274 g/mol. The predicted octanol–water partition coefficient (Wildman–Crippen LogP) is 1.97. The normalized spacial score (nSPS) is 12.2. The summed E-state index contributed by atoms with van der Waals surface area (Å²) >= 11 is 0. The van der Waals surface area contributed by atoms with Gasteiger partial charge in [-0.2, -0.15) is 0 Å². The Morgan fingerprint density at radius 1 is 1.50 bits per heavy atom. The molecule has 2 aromatic rings. The standard InChI is InChI=1S/C14H18N4O2/c1-3-10(7-15)13(19)17-12-6-11(5-4-9(12)2)14-18-16-8-20-14/h4-6,8,10H,3,7,15H2,1-2H3,(H,17,19). The maximum absolute atomic E-state index is 12.1. The first-order valence-corrected chi connectivity index (χ1v) is 6.53. The quantitative estimate of drug-likeness (QED) is 0.869. The Bertz CT molecular complexity index is 577. The fourth-order valence-electron chi connectivity index (χ4n) is 1.88. The van der Waals surface area contributed by atoms with Gasteiger partial charge in [0, 0.05) is 17.8 Å². The first-order valence-electron chi connectivity index (χ1n) is 6.53. The monoisotopic (exact) mass is 274 g/mol. The van der Waals surface area contributed by atoms with Gasteiger partial charge in [0.1, 0.15) is 0 Å². The summed E-state index contributed by atoms with van der Waals surface area (Å²) in [5.74, 6) is 0.175. The van der Waals surface area contributed by atoms with E-state index in [1.807, 2.05) is 32.0 Å². The molecule has 1 aromatic heterocycles. The molecule has 1 atom stereocenters. The Morgan fingerprint density at radius 2 is 2.30 bits per heavy atom. The van der Waals surface area contributed by atoms with Gasteiger partial charge in [-0.1, -0.05) is 13.0 Å². The van der Waals surface area contributed by atoms with Gasteiger partial charge >= 0.3 is 0 Å². The highest BCUT2D eigenvalue weighted by molar-refractivity contribution is 5.94. The van der Waals surface area contributed by atoms with Gasteiger partial charge in [-0.15, -0.1) is 10.2 Å². The molecule has 0 radical (unpaired) electrons. The van der Waals surface area contributed by atoms with Gasteiger partial charge in [-0.05, 0) is 31.0 Å². The minimum atomic E-state index is -0.179. The van der Waals surface area contributed by atoms with Crippen LogP contribution < -0.4 is 11.1 Å². The SMILES string of the molecule is CCC(CN)C(=O)Nc1cc(-c2nnco2)ccc1C. The number of rotatable bonds is 5. The third kappa shape index (κ3) is 3.03. The fourth-order valence-corrected chi connectivity index (χ4v) is 1.88. The molecule has 106 valence electrons. The van der Waals surface area contributed by atoms with Crippen LogP contribution in [0.25, 0.3) is 11.5 Å². The van der Waals surface area contributed by atoms with Crippen LogP contribution in [0.2, 0.25) is 0 Å². The molecular weight excluding hydrogens is 256 g/mol. The minimum Gasteiger partial charge on any atom is -0.423 e. The van der Waals surface area contributed by atoms with Gasteiger partial charge in [-0.25, -0.2) is 0 Å². The van der Waals surface area contributed by atoms with Gasteiger partial charge in [0.05, 0.1) is 5.92 Å². The maximum atomic E-state index is 12.1. The van der Waals surface area contributed by atoms with Gasteiger partial charge in [0.25, 0.3) is 0 Å². The summed E-state index contributed by atoms with van der Waals surface area (Å²) in [5, 5.41) is 10.4. The van der Waals surface area contributed by atoms with Crippen LogP contribution in [0.1, 0.15) is 18.9 Å². The Labute approximate surface area is 117 Å². The van der Waals surface area contributed by atoms with Crippen LogP contribution in [0.4, 0.5) is 5.69 Å². The van der Waals surface area contributed by atoms with Crippen LogP contribution in [0.15, 0.2) is 29.0 Å². The zero-order valence-corrected chi connectivity index (χ0v) is 11.6. The Kier molecular flexibility index (Phi) is 4.47. The largest absolute Gasteiger partial charge is 0.423 e. The number of benzene rings is 1. The molecule has 0 saturated heterocycles. The first-order chi connectivity index (χ1) is 9.65. The van der Waals surface area contributed by atoms with Gasteiger partial charge in [0.2, 0.25) is 18.2 Å². The van der Waals surface area contributed by atoms with E-state index in [0.717, 1.165) is 16.8 Å². The highest BCUT2D eigenvalue weighted by Crippen LogP contribution is 2.24. The molecule has 0 fully saturated rings. The van der Waals surface area contributed by atoms with Crippen molar-refractivity contribution in [1.82, 2.24) is 10.2 Å². The summed E-state index contributed by atoms with van der Waals surface area (Å²) in [5.41, 5.74) is 8.06. The van der Waals surface area contributed by atoms with Crippen molar-refractivity contribution in [1.29, 1.82) is 0 Å². The smallest absolute Gasteiger partial charge is 0.247 e. The Balaban J connectivity index is 2.23. The number of carbonyl (C=O) groups is 1. The number of nitrogens with zero attached hydrogens (tertiary/aromatic N) is 2. The molecule has 0 spiro atoms. The molecule has 20 heavy (non-hydrogen) atoms. The number of carbonyl (C=O) groups excluding carboxylic acids is 1. The van der Waals surface area contributed by atoms with E-state index >= 15 is 0 Å². The second kappa shape index (κ2) is 6.29. The molecular formula is C14H18N4O2. The van der Waals surface area contributed by atoms with E-state index in [1.165, 1.54) is 6.39 Å². The summed E-state index contributed by atoms with van der Waals surface area (Å²) in [4.78, 5) is 12.1. The number of amides is 1. The van der Waals surface area contributed by atoms with Gasteiger partial charge < -0.3 is 15.5 Å². The van der Waals surface area contributed by atoms with Crippen molar-refractivity contribution >= 4 is 11.6 Å². The number of hydrogen-bond donors (Lipinski definition) is 2. The second-order valence-electron chi connectivity index (χ2n) is 4.60. The number of aryl methyl sites for hydroxylation is 1. The first kappa shape index (κ1) is 14.2. The van der Waals surface area contributed by atoms with Crippen LogP contribution in [0, 0.1) is 12.8 Å². The molecule has 0 aliphatic carbocycles. The molecule has 6 nitrogen and oxygen atoms in total. The van der Waals surface area contributed by atoms with E-state index in [9.17, 15) is 4.79 Å². The molecule has 0 aliphatic rings. The topological polar surface area (TPSA) is 94.0 Å². The third-order valence-electron chi connectivity index (χ3n) is 3.25. The Morgan fingerprint density at radius 3 is 2.90 bits per heavy atom. The lowest BCUT2D eigenvalue weighted by Gasteiger charge is -2.14. The Hall–Kier alpha value is -2.21. The summed E-state index contributed by atoms with van der Waals surface area (Å²) in [6.45, 7) is 4.21. The highest BCUT2D eigenvalue weighted by Gasteiger charge is 2.16. The van der Waals surface area contributed by atoms with Crippen molar-refractivity contribution in [2.75, 3.05) is 11.9 Å². The van der Waals surface area contributed by atoms with Crippen LogP contribution in [0.3, 0.4) is 0 Å². The summed E-state index contributed by atoms with van der Waals surface area (Å²) in [6.07, 6.45) is 1.99. The molecule has 0 aliphatic heterocycles. The molecule has 1 aromatic carbocycles. The van der Waals surface area contributed by atoms with E-state index in [4.69, 9.17) is 10.2 Å². The van der Waals surface area contributed by atoms with Crippen LogP contribution in [-0.2, 0) is 4.79 Å². The summed E-state index contributed by atoms with van der Waals surface area (Å²) in [7, 11) is 0. The molecule has 0 bridgehead atoms. The van der Waals surface area contributed by atoms with Crippen molar-refractivity contribution in [2.45, 2.75) is 20.3 Å². The molecule has 0 saturated carbocycles. The van der Waals surface area contributed by atoms with E-state index in [-0.39, 0.29) is 11.8 Å². The predicted molar refractivity (Wildman–Crippen MR) is 75.9 cm³/mol. The second-order valence-corrected chi connectivity index (χ2v) is 4.60. The summed E-state index contributed by atoms with van der Waals surface area (Å²) in [6, 6.07) is 5.60. The van der Waals surface area contributed by atoms with E-state index in [0.29, 0.717) is 18.9 Å². The number of aromatic nitrogens is 2. The van der Waals surface area contributed by atoms with Crippen molar-refractivity contribution < 1.29 is 9.21 Å². The third-order valence-corrected chi connectivity index (χ3v) is 3.25. The molecule has 6 heteroatoms. The lowest BCUT2D eigenvalue weighted by atomic mass is 10.0. The molecule has 2 rings (SSSR count). The summed E-state index contributed by atoms with van der Waals surface area (Å²) < 4.78 is 5.15. The fraction of sp³-hybridized carbons (Fsp3) is 0.357. The van der Waals surface area contributed by atoms with Gasteiger partial charge in [-0.3, -0.25) is 4.79 Å².